The van der Waals surface area contributed by atoms with Gasteiger partial charge in [-0.3, -0.25) is 9.59 Å². The van der Waals surface area contributed by atoms with Crippen molar-refractivity contribution in [2.24, 2.45) is 4.99 Å². The largest absolute Gasteiger partial charge is 0.465 e. The van der Waals surface area contributed by atoms with Gasteiger partial charge in [0.05, 0.1) is 21.7 Å². The average Bonchev–Trinajstić information content (AvgIpc) is 3.26. The molecule has 38 heavy (non-hydrogen) atoms. The molecule has 8 nitrogen and oxygen atoms in total. The van der Waals surface area contributed by atoms with Crippen LogP contribution in [0.4, 0.5) is 0 Å². The molecule has 10 heteroatoms. The monoisotopic (exact) mass is 553 g/mol. The molecule has 1 heterocycles. The Hall–Kier alpha value is -3.34. The van der Waals surface area contributed by atoms with Crippen molar-refractivity contribution in [1.29, 1.82) is 0 Å². The number of carbonyl (C=O) groups excluding carboxylic acids is 2. The van der Waals surface area contributed by atoms with Crippen molar-refractivity contribution in [3.8, 4) is 0 Å². The zero-order chi connectivity index (χ0) is 27.3. The van der Waals surface area contributed by atoms with E-state index in [2.05, 4.69) is 4.99 Å². The first-order valence-electron chi connectivity index (χ1n) is 12.7. The molecule has 0 radical (unpaired) electrons. The summed E-state index contributed by atoms with van der Waals surface area (Å²) in [7, 11) is -3.65. The van der Waals surface area contributed by atoms with E-state index in [4.69, 9.17) is 4.74 Å². The Morgan fingerprint density at radius 2 is 1.74 bits per heavy atom. The van der Waals surface area contributed by atoms with Crippen molar-refractivity contribution >= 4 is 54.2 Å². The van der Waals surface area contributed by atoms with Crippen molar-refractivity contribution < 1.29 is 22.7 Å². The molecule has 4 aromatic rings. The molecule has 1 amide bonds. The molecule has 0 aliphatic heterocycles. The van der Waals surface area contributed by atoms with Gasteiger partial charge in [0, 0.05) is 24.0 Å². The second-order valence-corrected chi connectivity index (χ2v) is 11.6. The van der Waals surface area contributed by atoms with Crippen molar-refractivity contribution in [2.45, 2.75) is 45.1 Å². The van der Waals surface area contributed by atoms with Gasteiger partial charge in [-0.25, -0.2) is 8.42 Å². The Morgan fingerprint density at radius 3 is 2.42 bits per heavy atom. The number of hydrogen-bond acceptors (Lipinski definition) is 6. The molecule has 0 atom stereocenters. The van der Waals surface area contributed by atoms with Crippen LogP contribution in [0.1, 0.15) is 44.0 Å². The van der Waals surface area contributed by atoms with Gasteiger partial charge < -0.3 is 9.30 Å². The lowest BCUT2D eigenvalue weighted by Gasteiger charge is -2.20. The lowest BCUT2D eigenvalue weighted by molar-refractivity contribution is -0.143. The van der Waals surface area contributed by atoms with Crippen LogP contribution < -0.4 is 4.80 Å². The lowest BCUT2D eigenvalue weighted by Crippen LogP contribution is -2.31. The number of aromatic nitrogens is 1. The summed E-state index contributed by atoms with van der Waals surface area (Å²) in [6.07, 6.45) is 1.67. The molecular weight excluding hydrogens is 522 g/mol. The standard InChI is InChI=1S/C28H31N3O5S2/c1-4-7-18-30(5-2)38(34,35)22-15-12-21(13-16-22)27(33)29-28-31(19-25(32)36-6-3)24-17-14-20-10-8-9-11-23(20)26(24)37-28/h8-17H,4-7,18-19H2,1-3H3. The predicted molar refractivity (Wildman–Crippen MR) is 150 cm³/mol. The molecule has 0 fully saturated rings. The molecule has 0 unspecified atom stereocenters. The molecule has 1 aromatic heterocycles. The number of unbranched alkanes of at least 4 members (excludes halogenated alkanes) is 1. The third-order valence-electron chi connectivity index (χ3n) is 6.22. The fraction of sp³-hybridized carbons (Fsp3) is 0.321. The Morgan fingerprint density at radius 1 is 1.00 bits per heavy atom. The first-order chi connectivity index (χ1) is 18.3. The lowest BCUT2D eigenvalue weighted by atomic mass is 10.1. The minimum absolute atomic E-state index is 0.0832. The van der Waals surface area contributed by atoms with Crippen LogP contribution in [0.25, 0.3) is 21.0 Å². The van der Waals surface area contributed by atoms with E-state index in [1.54, 1.807) is 11.5 Å². The van der Waals surface area contributed by atoms with Gasteiger partial charge in [-0.05, 0) is 49.1 Å². The second-order valence-electron chi connectivity index (χ2n) is 8.70. The number of rotatable bonds is 10. The maximum absolute atomic E-state index is 13.2. The number of carbonyl (C=O) groups is 2. The minimum Gasteiger partial charge on any atom is -0.465 e. The first-order valence-corrected chi connectivity index (χ1v) is 14.9. The Kier molecular flexibility index (Phi) is 8.76. The summed E-state index contributed by atoms with van der Waals surface area (Å²) < 4.78 is 35.2. The summed E-state index contributed by atoms with van der Waals surface area (Å²) in [4.78, 5) is 30.4. The molecule has 0 aliphatic carbocycles. The minimum atomic E-state index is -3.65. The second kappa shape index (κ2) is 12.0. The number of benzene rings is 3. The third kappa shape index (κ3) is 5.72. The van der Waals surface area contributed by atoms with Gasteiger partial charge in [-0.2, -0.15) is 9.30 Å². The van der Waals surface area contributed by atoms with Gasteiger partial charge in [0.15, 0.2) is 4.80 Å². The van der Waals surface area contributed by atoms with E-state index < -0.39 is 21.9 Å². The summed E-state index contributed by atoms with van der Waals surface area (Å²) in [6.45, 7) is 6.55. The van der Waals surface area contributed by atoms with E-state index in [1.165, 1.54) is 39.9 Å². The van der Waals surface area contributed by atoms with Crippen LogP contribution in [-0.2, 0) is 26.1 Å². The fourth-order valence-electron chi connectivity index (χ4n) is 4.23. The molecule has 0 bridgehead atoms. The number of nitrogens with zero attached hydrogens (tertiary/aromatic N) is 3. The van der Waals surface area contributed by atoms with Crippen LogP contribution in [0.2, 0.25) is 0 Å². The Bertz CT molecular complexity index is 1640. The van der Waals surface area contributed by atoms with Gasteiger partial charge in [-0.1, -0.05) is 61.9 Å². The molecular formula is C28H31N3O5S2. The van der Waals surface area contributed by atoms with Gasteiger partial charge in [-0.15, -0.1) is 0 Å². The number of esters is 1. The van der Waals surface area contributed by atoms with Crippen LogP contribution >= 0.6 is 11.3 Å². The maximum atomic E-state index is 13.2. The van der Waals surface area contributed by atoms with E-state index in [0.29, 0.717) is 17.9 Å². The van der Waals surface area contributed by atoms with Crippen LogP contribution in [0.5, 0.6) is 0 Å². The van der Waals surface area contributed by atoms with E-state index >= 15 is 0 Å². The normalized spacial score (nSPS) is 12.5. The van der Waals surface area contributed by atoms with Gasteiger partial charge in [0.1, 0.15) is 6.54 Å². The van der Waals surface area contributed by atoms with Gasteiger partial charge in [0.25, 0.3) is 5.91 Å². The van der Waals surface area contributed by atoms with Crippen molar-refractivity contribution in [3.63, 3.8) is 0 Å². The molecule has 4 rings (SSSR count). The summed E-state index contributed by atoms with van der Waals surface area (Å²) in [5, 5.41) is 2.04. The molecule has 0 aliphatic rings. The van der Waals surface area contributed by atoms with Crippen LogP contribution in [0, 0.1) is 0 Å². The highest BCUT2D eigenvalue weighted by Crippen LogP contribution is 2.28. The highest BCUT2D eigenvalue weighted by Gasteiger charge is 2.23. The summed E-state index contributed by atoms with van der Waals surface area (Å²) >= 11 is 1.32. The molecule has 0 saturated heterocycles. The maximum Gasteiger partial charge on any atom is 0.326 e. The van der Waals surface area contributed by atoms with E-state index in [9.17, 15) is 18.0 Å². The topological polar surface area (TPSA) is 98.0 Å². The average molecular weight is 554 g/mol. The highest BCUT2D eigenvalue weighted by molar-refractivity contribution is 7.89. The SMILES string of the molecule is CCCCN(CC)S(=O)(=O)c1ccc(C(=O)N=c2sc3c4ccccc4ccc3n2CC(=O)OCC)cc1. The van der Waals surface area contributed by atoms with E-state index in [0.717, 1.165) is 33.8 Å². The number of thiazole rings is 1. The van der Waals surface area contributed by atoms with E-state index in [1.807, 2.05) is 50.2 Å². The molecule has 3 aromatic carbocycles. The third-order valence-corrected chi connectivity index (χ3v) is 9.33. The Balaban J connectivity index is 1.73. The predicted octanol–water partition coefficient (Wildman–Crippen LogP) is 4.97. The molecule has 0 spiro atoms. The summed E-state index contributed by atoms with van der Waals surface area (Å²) in [5.74, 6) is -0.951. The number of fused-ring (bicyclic) bond motifs is 3. The van der Waals surface area contributed by atoms with Crippen molar-refractivity contribution in [1.82, 2.24) is 8.87 Å². The van der Waals surface area contributed by atoms with Gasteiger partial charge >= 0.3 is 5.97 Å². The van der Waals surface area contributed by atoms with E-state index in [-0.39, 0.29) is 23.6 Å². The quantitative estimate of drug-likeness (QED) is 0.258. The smallest absolute Gasteiger partial charge is 0.326 e. The zero-order valence-corrected chi connectivity index (χ0v) is 23.3. The van der Waals surface area contributed by atoms with Crippen LogP contribution in [-0.4, -0.2) is 48.9 Å². The molecule has 200 valence electrons. The summed E-state index contributed by atoms with van der Waals surface area (Å²) in [6, 6.07) is 17.6. The number of amides is 1. The first kappa shape index (κ1) is 27.7. The summed E-state index contributed by atoms with van der Waals surface area (Å²) in [5.41, 5.74) is 1.03. The Labute approximate surface area is 226 Å². The van der Waals surface area contributed by atoms with Crippen LogP contribution in [0.3, 0.4) is 0 Å². The molecule has 0 N–H and O–H groups in total. The highest BCUT2D eigenvalue weighted by atomic mass is 32.2. The number of hydrogen-bond donors (Lipinski definition) is 0. The molecule has 0 saturated carbocycles. The van der Waals surface area contributed by atoms with Gasteiger partial charge in [0.2, 0.25) is 10.0 Å². The zero-order valence-electron chi connectivity index (χ0n) is 21.7. The number of sulfonamides is 1. The van der Waals surface area contributed by atoms with Crippen molar-refractivity contribution in [3.05, 3.63) is 71.0 Å². The van der Waals surface area contributed by atoms with Crippen molar-refractivity contribution in [2.75, 3.05) is 19.7 Å². The van der Waals surface area contributed by atoms with Crippen LogP contribution in [0.15, 0.2) is 70.6 Å². The number of ether oxygens (including phenoxy) is 1. The fourth-order valence-corrected chi connectivity index (χ4v) is 6.88.